The van der Waals surface area contributed by atoms with Crippen molar-refractivity contribution >= 4 is 5.97 Å². The van der Waals surface area contributed by atoms with Gasteiger partial charge in [-0.3, -0.25) is 4.79 Å². The molecule has 0 saturated carbocycles. The molecule has 0 radical (unpaired) electrons. The van der Waals surface area contributed by atoms with Crippen LogP contribution in [0, 0.1) is 11.6 Å². The lowest BCUT2D eigenvalue weighted by atomic mass is 10.0. The summed E-state index contributed by atoms with van der Waals surface area (Å²) in [6.45, 7) is 0.0585. The lowest BCUT2D eigenvalue weighted by Gasteiger charge is -2.07. The average molecular weight is 278 g/mol. The molecule has 0 unspecified atom stereocenters. The molecular formula is C15H12F2O3. The molecule has 0 aliphatic carbocycles. The van der Waals surface area contributed by atoms with Crippen LogP contribution in [0.15, 0.2) is 42.5 Å². The monoisotopic (exact) mass is 278 g/mol. The maximum absolute atomic E-state index is 13.6. The van der Waals surface area contributed by atoms with Gasteiger partial charge in [0.1, 0.15) is 17.4 Å². The largest absolute Gasteiger partial charge is 0.493 e. The highest BCUT2D eigenvalue weighted by atomic mass is 19.1. The molecular weight excluding hydrogens is 266 g/mol. The van der Waals surface area contributed by atoms with Crippen molar-refractivity contribution in [2.45, 2.75) is 6.42 Å². The Morgan fingerprint density at radius 2 is 1.80 bits per heavy atom. The highest BCUT2D eigenvalue weighted by molar-refractivity contribution is 5.67. The minimum Gasteiger partial charge on any atom is -0.493 e. The predicted octanol–water partition coefficient (Wildman–Crippen LogP) is 3.49. The van der Waals surface area contributed by atoms with E-state index in [0.717, 1.165) is 18.2 Å². The Balaban J connectivity index is 2.11. The second-order valence-electron chi connectivity index (χ2n) is 4.14. The molecule has 0 heterocycles. The fourth-order valence-electron chi connectivity index (χ4n) is 1.71. The molecule has 0 aliphatic rings. The Morgan fingerprint density at radius 1 is 1.10 bits per heavy atom. The van der Waals surface area contributed by atoms with Gasteiger partial charge in [-0.25, -0.2) is 8.78 Å². The van der Waals surface area contributed by atoms with Gasteiger partial charge in [-0.2, -0.15) is 0 Å². The van der Waals surface area contributed by atoms with Gasteiger partial charge in [-0.05, 0) is 35.9 Å². The Labute approximate surface area is 114 Å². The lowest BCUT2D eigenvalue weighted by Crippen LogP contribution is -2.04. The normalized spacial score (nSPS) is 10.3. The molecule has 0 fully saturated rings. The molecule has 0 atom stereocenters. The van der Waals surface area contributed by atoms with Crippen LogP contribution in [0.3, 0.4) is 0 Å². The molecule has 0 bridgehead atoms. The van der Waals surface area contributed by atoms with E-state index < -0.39 is 17.6 Å². The summed E-state index contributed by atoms with van der Waals surface area (Å²) in [7, 11) is 0. The molecule has 0 spiro atoms. The van der Waals surface area contributed by atoms with Crippen molar-refractivity contribution in [3.63, 3.8) is 0 Å². The summed E-state index contributed by atoms with van der Waals surface area (Å²) in [6, 6.07) is 9.60. The van der Waals surface area contributed by atoms with E-state index in [9.17, 15) is 13.6 Å². The van der Waals surface area contributed by atoms with Gasteiger partial charge in [0.15, 0.2) is 0 Å². The molecule has 0 aromatic heterocycles. The number of ether oxygens (including phenoxy) is 1. The third-order valence-corrected chi connectivity index (χ3v) is 2.68. The van der Waals surface area contributed by atoms with Crippen molar-refractivity contribution in [2.75, 3.05) is 6.61 Å². The van der Waals surface area contributed by atoms with Crippen LogP contribution < -0.4 is 4.74 Å². The molecule has 5 heteroatoms. The highest BCUT2D eigenvalue weighted by Crippen LogP contribution is 2.25. The van der Waals surface area contributed by atoms with E-state index in [0.29, 0.717) is 11.3 Å². The standard InChI is InChI=1S/C15H12F2O3/c16-11-3-6-14(17)13(9-11)10-1-4-12(5-2-10)20-8-7-15(18)19/h1-6,9H,7-8H2,(H,18,19). The molecule has 3 nitrogen and oxygen atoms in total. The first-order valence-electron chi connectivity index (χ1n) is 5.96. The van der Waals surface area contributed by atoms with Crippen LogP contribution in [0.1, 0.15) is 6.42 Å². The molecule has 2 rings (SSSR count). The molecule has 2 aromatic rings. The summed E-state index contributed by atoms with van der Waals surface area (Å²) in [5, 5.41) is 8.48. The maximum atomic E-state index is 13.6. The van der Waals surface area contributed by atoms with Crippen molar-refractivity contribution in [3.05, 3.63) is 54.1 Å². The summed E-state index contributed by atoms with van der Waals surface area (Å²) in [4.78, 5) is 10.3. The zero-order valence-electron chi connectivity index (χ0n) is 10.5. The van der Waals surface area contributed by atoms with Gasteiger partial charge < -0.3 is 9.84 Å². The maximum Gasteiger partial charge on any atom is 0.306 e. The second kappa shape index (κ2) is 6.14. The highest BCUT2D eigenvalue weighted by Gasteiger charge is 2.07. The van der Waals surface area contributed by atoms with E-state index in [4.69, 9.17) is 9.84 Å². The van der Waals surface area contributed by atoms with Crippen LogP contribution in [-0.2, 0) is 4.79 Å². The van der Waals surface area contributed by atoms with Crippen LogP contribution in [0.2, 0.25) is 0 Å². The fourth-order valence-corrected chi connectivity index (χ4v) is 1.71. The lowest BCUT2D eigenvalue weighted by molar-refractivity contribution is -0.137. The fraction of sp³-hybridized carbons (Fsp3) is 0.133. The molecule has 1 N–H and O–H groups in total. The minimum absolute atomic E-state index is 0.0585. The van der Waals surface area contributed by atoms with Gasteiger partial charge in [0.05, 0.1) is 13.0 Å². The Morgan fingerprint density at radius 3 is 2.45 bits per heavy atom. The average Bonchev–Trinajstić information content (AvgIpc) is 2.42. The van der Waals surface area contributed by atoms with Gasteiger partial charge in [0.2, 0.25) is 0 Å². The van der Waals surface area contributed by atoms with E-state index in [1.807, 2.05) is 0 Å². The van der Waals surface area contributed by atoms with Gasteiger partial charge in [-0.1, -0.05) is 12.1 Å². The Kier molecular flexibility index (Phi) is 4.30. The van der Waals surface area contributed by atoms with E-state index in [1.165, 1.54) is 0 Å². The molecule has 2 aromatic carbocycles. The van der Waals surface area contributed by atoms with Crippen LogP contribution in [-0.4, -0.2) is 17.7 Å². The van der Waals surface area contributed by atoms with Crippen LogP contribution in [0.4, 0.5) is 8.78 Å². The number of aliphatic carboxylic acids is 1. The van der Waals surface area contributed by atoms with E-state index in [1.54, 1.807) is 24.3 Å². The van der Waals surface area contributed by atoms with Gasteiger partial charge >= 0.3 is 5.97 Å². The molecule has 0 amide bonds. The second-order valence-corrected chi connectivity index (χ2v) is 4.14. The Hall–Kier alpha value is -2.43. The third-order valence-electron chi connectivity index (χ3n) is 2.68. The molecule has 104 valence electrons. The van der Waals surface area contributed by atoms with Crippen molar-refractivity contribution in [1.29, 1.82) is 0 Å². The Bertz CT molecular complexity index is 609. The number of rotatable bonds is 5. The predicted molar refractivity (Wildman–Crippen MR) is 69.5 cm³/mol. The summed E-state index contributed by atoms with van der Waals surface area (Å²) in [6.07, 6.45) is -0.0969. The van der Waals surface area contributed by atoms with Crippen LogP contribution in [0.25, 0.3) is 11.1 Å². The summed E-state index contributed by atoms with van der Waals surface area (Å²) >= 11 is 0. The topological polar surface area (TPSA) is 46.5 Å². The minimum atomic E-state index is -0.941. The SMILES string of the molecule is O=C(O)CCOc1ccc(-c2cc(F)ccc2F)cc1. The first kappa shape index (κ1) is 14.0. The number of benzene rings is 2. The van der Waals surface area contributed by atoms with Crippen molar-refractivity contribution in [3.8, 4) is 16.9 Å². The number of carboxylic acids is 1. The summed E-state index contributed by atoms with van der Waals surface area (Å²) in [5.74, 6) is -1.48. The smallest absolute Gasteiger partial charge is 0.306 e. The van der Waals surface area contributed by atoms with Crippen LogP contribution >= 0.6 is 0 Å². The van der Waals surface area contributed by atoms with Gasteiger partial charge in [0.25, 0.3) is 0 Å². The van der Waals surface area contributed by atoms with E-state index >= 15 is 0 Å². The number of hydrogen-bond acceptors (Lipinski definition) is 2. The summed E-state index contributed by atoms with van der Waals surface area (Å²) in [5.41, 5.74) is 0.690. The summed E-state index contributed by atoms with van der Waals surface area (Å²) < 4.78 is 31.9. The van der Waals surface area contributed by atoms with Crippen LogP contribution in [0.5, 0.6) is 5.75 Å². The molecule has 0 saturated heterocycles. The molecule has 0 aliphatic heterocycles. The first-order chi connectivity index (χ1) is 9.56. The molecule has 20 heavy (non-hydrogen) atoms. The van der Waals surface area contributed by atoms with Crippen molar-refractivity contribution < 1.29 is 23.4 Å². The zero-order valence-corrected chi connectivity index (χ0v) is 10.5. The third kappa shape index (κ3) is 3.54. The van der Waals surface area contributed by atoms with Gasteiger partial charge in [-0.15, -0.1) is 0 Å². The first-order valence-corrected chi connectivity index (χ1v) is 5.96. The van der Waals surface area contributed by atoms with Gasteiger partial charge in [0, 0.05) is 5.56 Å². The number of hydrogen-bond donors (Lipinski definition) is 1. The zero-order chi connectivity index (χ0) is 14.5. The number of halogens is 2. The van der Waals surface area contributed by atoms with E-state index in [-0.39, 0.29) is 18.6 Å². The van der Waals surface area contributed by atoms with E-state index in [2.05, 4.69) is 0 Å². The quantitative estimate of drug-likeness (QED) is 0.910. The van der Waals surface area contributed by atoms with Crippen molar-refractivity contribution in [1.82, 2.24) is 0 Å². The van der Waals surface area contributed by atoms with Crippen molar-refractivity contribution in [2.24, 2.45) is 0 Å². The number of carbonyl (C=O) groups is 1. The number of carboxylic acid groups (broad SMARTS) is 1.